The summed E-state index contributed by atoms with van der Waals surface area (Å²) in [5.74, 6) is 1.60. The molecular formula is C17H25N5O3S. The summed E-state index contributed by atoms with van der Waals surface area (Å²) in [6.07, 6.45) is 2.95. The van der Waals surface area contributed by atoms with Crippen molar-refractivity contribution in [1.29, 1.82) is 0 Å². The van der Waals surface area contributed by atoms with E-state index in [4.69, 9.17) is 4.74 Å². The highest BCUT2D eigenvalue weighted by atomic mass is 32.2. The number of thioether (sulfide) groups is 1. The fourth-order valence-corrected chi connectivity index (χ4v) is 4.04. The van der Waals surface area contributed by atoms with Crippen LogP contribution in [0.5, 0.6) is 0 Å². The van der Waals surface area contributed by atoms with E-state index >= 15 is 0 Å². The predicted molar refractivity (Wildman–Crippen MR) is 97.8 cm³/mol. The van der Waals surface area contributed by atoms with Crippen molar-refractivity contribution in [3.63, 3.8) is 0 Å². The number of hydrogen-bond acceptors (Lipinski definition) is 6. The number of amides is 2. The van der Waals surface area contributed by atoms with Gasteiger partial charge in [0.05, 0.1) is 18.2 Å². The molecule has 0 saturated heterocycles. The van der Waals surface area contributed by atoms with Gasteiger partial charge >= 0.3 is 12.0 Å². The minimum Gasteiger partial charge on any atom is -0.463 e. The molecule has 9 heteroatoms. The minimum absolute atomic E-state index is 0.294. The van der Waals surface area contributed by atoms with Gasteiger partial charge in [0.2, 0.25) is 0 Å². The summed E-state index contributed by atoms with van der Waals surface area (Å²) in [5.41, 5.74) is 1.08. The van der Waals surface area contributed by atoms with Crippen LogP contribution < -0.4 is 10.6 Å². The smallest absolute Gasteiger partial charge is 0.337 e. The molecule has 142 valence electrons. The third-order valence-corrected chi connectivity index (χ3v) is 5.49. The Labute approximate surface area is 157 Å². The number of aromatic nitrogens is 3. The first-order valence-electron chi connectivity index (χ1n) is 9.12. The molecule has 1 atom stereocenters. The molecule has 26 heavy (non-hydrogen) atoms. The summed E-state index contributed by atoms with van der Waals surface area (Å²) >= 11 is 1.48. The second-order valence-electron chi connectivity index (χ2n) is 6.32. The molecule has 2 N–H and O–H groups in total. The van der Waals surface area contributed by atoms with E-state index in [-0.39, 0.29) is 12.1 Å². The number of nitrogens with zero attached hydrogens (tertiary/aromatic N) is 3. The summed E-state index contributed by atoms with van der Waals surface area (Å²) in [4.78, 5) is 24.4. The lowest BCUT2D eigenvalue weighted by molar-refractivity contribution is -0.139. The largest absolute Gasteiger partial charge is 0.463 e. The standard InChI is InChI=1S/C17H25N5O3S/c1-4-11-13(15(23)25-6-3)12(19-16(24)18-11)9-26-17-21-20-14(10-7-8-10)22(17)5-2/h10-11H,4-9H2,1-3H3,(H2,18,19,24). The maximum atomic E-state index is 12.4. The molecule has 2 amide bonds. The van der Waals surface area contributed by atoms with Crippen LogP contribution in [0.2, 0.25) is 0 Å². The molecule has 1 aliphatic heterocycles. The van der Waals surface area contributed by atoms with Crippen molar-refractivity contribution in [3.8, 4) is 0 Å². The van der Waals surface area contributed by atoms with E-state index in [1.165, 1.54) is 24.6 Å². The summed E-state index contributed by atoms with van der Waals surface area (Å²) in [5, 5.41) is 15.0. The number of urea groups is 1. The zero-order valence-corrected chi connectivity index (χ0v) is 16.2. The van der Waals surface area contributed by atoms with Crippen LogP contribution in [0.15, 0.2) is 16.4 Å². The second-order valence-corrected chi connectivity index (χ2v) is 7.26. The van der Waals surface area contributed by atoms with Crippen LogP contribution in [0.3, 0.4) is 0 Å². The highest BCUT2D eigenvalue weighted by Gasteiger charge is 2.33. The maximum absolute atomic E-state index is 12.4. The second kappa shape index (κ2) is 8.11. The van der Waals surface area contributed by atoms with Crippen molar-refractivity contribution in [2.45, 2.75) is 63.7 Å². The molecule has 1 aromatic heterocycles. The molecule has 3 rings (SSSR count). The number of ether oxygens (including phenoxy) is 1. The van der Waals surface area contributed by atoms with Gasteiger partial charge in [0.25, 0.3) is 0 Å². The minimum atomic E-state index is -0.391. The van der Waals surface area contributed by atoms with Gasteiger partial charge in [-0.1, -0.05) is 18.7 Å². The topological polar surface area (TPSA) is 98.1 Å². The van der Waals surface area contributed by atoms with E-state index in [2.05, 4.69) is 32.3 Å². The van der Waals surface area contributed by atoms with Crippen LogP contribution >= 0.6 is 11.8 Å². The zero-order valence-electron chi connectivity index (χ0n) is 15.4. The highest BCUT2D eigenvalue weighted by molar-refractivity contribution is 7.99. The van der Waals surface area contributed by atoms with Crippen LogP contribution in [0.1, 0.15) is 51.8 Å². The molecule has 2 heterocycles. The molecule has 1 unspecified atom stereocenters. The summed E-state index contributed by atoms with van der Waals surface area (Å²) in [7, 11) is 0. The number of carbonyl (C=O) groups is 2. The number of hydrogen-bond donors (Lipinski definition) is 2. The Morgan fingerprint density at radius 1 is 1.31 bits per heavy atom. The first-order chi connectivity index (χ1) is 12.6. The Balaban J connectivity index is 1.82. The van der Waals surface area contributed by atoms with E-state index in [1.54, 1.807) is 6.92 Å². The molecule has 1 saturated carbocycles. The summed E-state index contributed by atoms with van der Waals surface area (Å²) < 4.78 is 7.31. The molecule has 8 nitrogen and oxygen atoms in total. The van der Waals surface area contributed by atoms with Crippen molar-refractivity contribution in [2.24, 2.45) is 0 Å². The molecule has 1 aromatic rings. The quantitative estimate of drug-likeness (QED) is 0.531. The molecule has 1 fully saturated rings. The lowest BCUT2D eigenvalue weighted by atomic mass is 10.0. The van der Waals surface area contributed by atoms with Crippen LogP contribution in [0, 0.1) is 0 Å². The summed E-state index contributed by atoms with van der Waals surface area (Å²) in [6.45, 7) is 6.86. The van der Waals surface area contributed by atoms with E-state index in [0.717, 1.165) is 17.5 Å². The molecule has 2 aliphatic rings. The van der Waals surface area contributed by atoms with Crippen LogP contribution in [-0.2, 0) is 16.1 Å². The fraction of sp³-hybridized carbons (Fsp3) is 0.647. The molecular weight excluding hydrogens is 354 g/mol. The highest BCUT2D eigenvalue weighted by Crippen LogP contribution is 2.40. The Hall–Kier alpha value is -2.03. The van der Waals surface area contributed by atoms with Crippen molar-refractivity contribution in [3.05, 3.63) is 17.1 Å². The number of rotatable bonds is 8. The van der Waals surface area contributed by atoms with Gasteiger partial charge in [-0.25, -0.2) is 9.59 Å². The average Bonchev–Trinajstić information content (AvgIpc) is 3.39. The fourth-order valence-electron chi connectivity index (χ4n) is 3.06. The number of esters is 1. The Bertz CT molecular complexity index is 726. The maximum Gasteiger partial charge on any atom is 0.337 e. The van der Waals surface area contributed by atoms with Crippen LogP contribution in [0.4, 0.5) is 4.79 Å². The van der Waals surface area contributed by atoms with Gasteiger partial charge in [-0.2, -0.15) is 0 Å². The Morgan fingerprint density at radius 3 is 2.69 bits per heavy atom. The van der Waals surface area contributed by atoms with Gasteiger partial charge in [-0.05, 0) is 33.1 Å². The first-order valence-corrected chi connectivity index (χ1v) is 10.1. The molecule has 0 bridgehead atoms. The van der Waals surface area contributed by atoms with Gasteiger partial charge in [-0.15, -0.1) is 10.2 Å². The van der Waals surface area contributed by atoms with E-state index < -0.39 is 5.97 Å². The molecule has 0 spiro atoms. The lowest BCUT2D eigenvalue weighted by Gasteiger charge is -2.28. The SMILES string of the molecule is CCOC(=O)C1=C(CSc2nnc(C3CC3)n2CC)NC(=O)NC1CC. The Kier molecular flexibility index (Phi) is 5.85. The van der Waals surface area contributed by atoms with Crippen LogP contribution in [-0.4, -0.2) is 45.2 Å². The molecule has 0 radical (unpaired) electrons. The van der Waals surface area contributed by atoms with Crippen LogP contribution in [0.25, 0.3) is 0 Å². The van der Waals surface area contributed by atoms with E-state index in [1.807, 2.05) is 6.92 Å². The summed E-state index contributed by atoms with van der Waals surface area (Å²) in [6, 6.07) is -0.638. The van der Waals surface area contributed by atoms with Crippen molar-refractivity contribution in [2.75, 3.05) is 12.4 Å². The lowest BCUT2D eigenvalue weighted by Crippen LogP contribution is -2.50. The van der Waals surface area contributed by atoms with Gasteiger partial charge in [0.15, 0.2) is 5.16 Å². The monoisotopic (exact) mass is 379 g/mol. The predicted octanol–water partition coefficient (Wildman–Crippen LogP) is 2.18. The molecule has 0 aromatic carbocycles. The van der Waals surface area contributed by atoms with Crippen molar-refractivity contribution < 1.29 is 14.3 Å². The number of nitrogens with one attached hydrogen (secondary N) is 2. The number of carbonyl (C=O) groups excluding carboxylic acids is 2. The third kappa shape index (κ3) is 3.87. The van der Waals surface area contributed by atoms with E-state index in [9.17, 15) is 9.59 Å². The van der Waals surface area contributed by atoms with Gasteiger partial charge < -0.3 is 19.9 Å². The average molecular weight is 379 g/mol. The van der Waals surface area contributed by atoms with Gasteiger partial charge in [0, 0.05) is 23.9 Å². The normalized spacial score (nSPS) is 20.0. The van der Waals surface area contributed by atoms with Crippen molar-refractivity contribution in [1.82, 2.24) is 25.4 Å². The molecule has 1 aliphatic carbocycles. The zero-order chi connectivity index (χ0) is 18.7. The van der Waals surface area contributed by atoms with Gasteiger partial charge in [0.1, 0.15) is 5.82 Å². The van der Waals surface area contributed by atoms with Crippen molar-refractivity contribution >= 4 is 23.8 Å². The van der Waals surface area contributed by atoms with E-state index in [0.29, 0.717) is 36.0 Å². The van der Waals surface area contributed by atoms with Gasteiger partial charge in [-0.3, -0.25) is 0 Å². The first kappa shape index (κ1) is 18.8. The third-order valence-electron chi connectivity index (χ3n) is 4.50. The Morgan fingerprint density at radius 2 is 2.08 bits per heavy atom.